The van der Waals surface area contributed by atoms with Crippen LogP contribution in [0.15, 0.2) is 24.5 Å². The van der Waals surface area contributed by atoms with Gasteiger partial charge in [0.15, 0.2) is 0 Å². The monoisotopic (exact) mass is 296 g/mol. The Kier molecular flexibility index (Phi) is 4.27. The molecule has 1 fully saturated rings. The fourth-order valence-electron chi connectivity index (χ4n) is 3.22. The van der Waals surface area contributed by atoms with Crippen LogP contribution in [0.25, 0.3) is 0 Å². The van der Waals surface area contributed by atoms with Crippen LogP contribution in [0.5, 0.6) is 0 Å². The van der Waals surface area contributed by atoms with Gasteiger partial charge < -0.3 is 10.2 Å². The minimum absolute atomic E-state index is 0.866. The molecule has 0 bridgehead atoms. The molecule has 1 saturated heterocycles. The Balaban J connectivity index is 1.84. The van der Waals surface area contributed by atoms with Crippen LogP contribution >= 0.6 is 0 Å². The van der Waals surface area contributed by atoms with Crippen molar-refractivity contribution in [2.24, 2.45) is 0 Å². The van der Waals surface area contributed by atoms with E-state index < -0.39 is 0 Å². The highest BCUT2D eigenvalue weighted by atomic mass is 15.2. The highest BCUT2D eigenvalue weighted by molar-refractivity contribution is 5.66. The number of anilines is 3. The van der Waals surface area contributed by atoms with Gasteiger partial charge in [0.25, 0.3) is 0 Å². The first-order valence-corrected chi connectivity index (χ1v) is 8.05. The van der Waals surface area contributed by atoms with Crippen molar-refractivity contribution < 1.29 is 0 Å². The Hall–Kier alpha value is -2.10. The average molecular weight is 296 g/mol. The fourth-order valence-corrected chi connectivity index (χ4v) is 3.22. The van der Waals surface area contributed by atoms with Crippen LogP contribution in [0, 0.1) is 20.8 Å². The summed E-state index contributed by atoms with van der Waals surface area (Å²) < 4.78 is 0. The normalized spacial score (nSPS) is 15.0. The van der Waals surface area contributed by atoms with E-state index in [2.05, 4.69) is 59.2 Å². The SMILES string of the molecule is Cc1cc(C)c(Nc2cc(N3CCCCC3)ncn2)c(C)c1. The number of hydrogen-bond acceptors (Lipinski definition) is 4. The zero-order valence-corrected chi connectivity index (χ0v) is 13.7. The first-order chi connectivity index (χ1) is 10.6. The lowest BCUT2D eigenvalue weighted by Crippen LogP contribution is -2.30. The molecule has 0 atom stereocenters. The third-order valence-electron chi connectivity index (χ3n) is 4.26. The van der Waals surface area contributed by atoms with E-state index in [1.807, 2.05) is 0 Å². The quantitative estimate of drug-likeness (QED) is 0.924. The zero-order chi connectivity index (χ0) is 15.5. The molecule has 0 aliphatic carbocycles. The van der Waals surface area contributed by atoms with Gasteiger partial charge in [-0.25, -0.2) is 9.97 Å². The van der Waals surface area contributed by atoms with Gasteiger partial charge in [0, 0.05) is 24.8 Å². The highest BCUT2D eigenvalue weighted by Gasteiger charge is 2.13. The van der Waals surface area contributed by atoms with E-state index in [9.17, 15) is 0 Å². The van der Waals surface area contributed by atoms with E-state index in [0.29, 0.717) is 0 Å². The number of aryl methyl sites for hydroxylation is 3. The summed E-state index contributed by atoms with van der Waals surface area (Å²) in [5.74, 6) is 1.89. The van der Waals surface area contributed by atoms with Crippen LogP contribution in [-0.4, -0.2) is 23.1 Å². The molecule has 4 nitrogen and oxygen atoms in total. The molecule has 0 unspecified atom stereocenters. The van der Waals surface area contributed by atoms with Crippen LogP contribution in [0.2, 0.25) is 0 Å². The second-order valence-corrected chi connectivity index (χ2v) is 6.21. The number of rotatable bonds is 3. The number of hydrogen-bond donors (Lipinski definition) is 1. The van der Waals surface area contributed by atoms with Crippen LogP contribution in [0.3, 0.4) is 0 Å². The van der Waals surface area contributed by atoms with Gasteiger partial charge in [-0.15, -0.1) is 0 Å². The van der Waals surface area contributed by atoms with Gasteiger partial charge >= 0.3 is 0 Å². The summed E-state index contributed by atoms with van der Waals surface area (Å²) in [4.78, 5) is 11.2. The van der Waals surface area contributed by atoms with Crippen molar-refractivity contribution in [3.05, 3.63) is 41.2 Å². The summed E-state index contributed by atoms with van der Waals surface area (Å²) in [6.07, 6.45) is 5.49. The zero-order valence-electron chi connectivity index (χ0n) is 13.7. The summed E-state index contributed by atoms with van der Waals surface area (Å²) >= 11 is 0. The molecule has 22 heavy (non-hydrogen) atoms. The lowest BCUT2D eigenvalue weighted by Gasteiger charge is -2.27. The van der Waals surface area contributed by atoms with E-state index in [1.54, 1.807) is 6.33 Å². The average Bonchev–Trinajstić information content (AvgIpc) is 2.52. The molecule has 3 rings (SSSR count). The molecule has 0 spiro atoms. The maximum atomic E-state index is 4.44. The number of nitrogens with zero attached hydrogens (tertiary/aromatic N) is 3. The predicted molar refractivity (Wildman–Crippen MR) is 92.0 cm³/mol. The lowest BCUT2D eigenvalue weighted by atomic mass is 10.1. The van der Waals surface area contributed by atoms with Crippen molar-refractivity contribution in [2.75, 3.05) is 23.3 Å². The fraction of sp³-hybridized carbons (Fsp3) is 0.444. The lowest BCUT2D eigenvalue weighted by molar-refractivity contribution is 0.573. The van der Waals surface area contributed by atoms with Gasteiger partial charge in [0.1, 0.15) is 18.0 Å². The molecule has 1 N–H and O–H groups in total. The second kappa shape index (κ2) is 6.34. The van der Waals surface area contributed by atoms with Crippen LogP contribution < -0.4 is 10.2 Å². The highest BCUT2D eigenvalue weighted by Crippen LogP contribution is 2.26. The van der Waals surface area contributed by atoms with E-state index in [4.69, 9.17) is 0 Å². The molecular weight excluding hydrogens is 272 g/mol. The van der Waals surface area contributed by atoms with Crippen LogP contribution in [0.4, 0.5) is 17.3 Å². The topological polar surface area (TPSA) is 41.0 Å². The van der Waals surface area contributed by atoms with Gasteiger partial charge in [-0.3, -0.25) is 0 Å². The van der Waals surface area contributed by atoms with E-state index >= 15 is 0 Å². The molecule has 0 saturated carbocycles. The van der Waals surface area contributed by atoms with Crippen molar-refractivity contribution in [3.63, 3.8) is 0 Å². The summed E-state index contributed by atoms with van der Waals surface area (Å²) in [5, 5.41) is 3.47. The number of nitrogens with one attached hydrogen (secondary N) is 1. The molecule has 2 heterocycles. The predicted octanol–water partition coefficient (Wildman–Crippen LogP) is 4.14. The van der Waals surface area contributed by atoms with Crippen molar-refractivity contribution in [1.29, 1.82) is 0 Å². The minimum Gasteiger partial charge on any atom is -0.356 e. The Morgan fingerprint density at radius 3 is 2.27 bits per heavy atom. The molecule has 0 radical (unpaired) electrons. The van der Waals surface area contributed by atoms with Gasteiger partial charge in [-0.1, -0.05) is 17.7 Å². The summed E-state index contributed by atoms with van der Waals surface area (Å²) in [7, 11) is 0. The summed E-state index contributed by atoms with van der Waals surface area (Å²) in [5.41, 5.74) is 4.93. The molecule has 116 valence electrons. The molecular formula is C18H24N4. The Morgan fingerprint density at radius 1 is 0.909 bits per heavy atom. The molecule has 1 aliphatic rings. The molecule has 1 aliphatic heterocycles. The van der Waals surface area contributed by atoms with Crippen molar-refractivity contribution in [3.8, 4) is 0 Å². The third kappa shape index (κ3) is 3.21. The molecule has 0 amide bonds. The van der Waals surface area contributed by atoms with E-state index in [-0.39, 0.29) is 0 Å². The van der Waals surface area contributed by atoms with Gasteiger partial charge in [0.2, 0.25) is 0 Å². The van der Waals surface area contributed by atoms with Crippen molar-refractivity contribution in [1.82, 2.24) is 9.97 Å². The standard InChI is InChI=1S/C18H24N4/c1-13-9-14(2)18(15(3)10-13)21-16-11-17(20-12-19-16)22-7-5-4-6-8-22/h9-12H,4-8H2,1-3H3,(H,19,20,21). The largest absolute Gasteiger partial charge is 0.356 e. The van der Waals surface area contributed by atoms with E-state index in [1.165, 1.54) is 36.0 Å². The smallest absolute Gasteiger partial charge is 0.135 e. The second-order valence-electron chi connectivity index (χ2n) is 6.21. The van der Waals surface area contributed by atoms with Crippen LogP contribution in [-0.2, 0) is 0 Å². The maximum Gasteiger partial charge on any atom is 0.135 e. The first kappa shape index (κ1) is 14.8. The first-order valence-electron chi connectivity index (χ1n) is 8.05. The molecule has 1 aromatic heterocycles. The van der Waals surface area contributed by atoms with Crippen molar-refractivity contribution in [2.45, 2.75) is 40.0 Å². The number of benzene rings is 1. The minimum atomic E-state index is 0.866. The Bertz CT molecular complexity index is 637. The van der Waals surface area contributed by atoms with Gasteiger partial charge in [0.05, 0.1) is 0 Å². The van der Waals surface area contributed by atoms with Gasteiger partial charge in [-0.05, 0) is 51.2 Å². The maximum absolute atomic E-state index is 4.44. The Labute approximate surface area is 132 Å². The molecule has 1 aromatic carbocycles. The summed E-state index contributed by atoms with van der Waals surface area (Å²) in [6, 6.07) is 6.45. The molecule has 2 aromatic rings. The van der Waals surface area contributed by atoms with Crippen molar-refractivity contribution >= 4 is 17.3 Å². The van der Waals surface area contributed by atoms with E-state index in [0.717, 1.165) is 30.4 Å². The number of piperidine rings is 1. The Morgan fingerprint density at radius 2 is 1.59 bits per heavy atom. The number of aromatic nitrogens is 2. The summed E-state index contributed by atoms with van der Waals surface area (Å²) in [6.45, 7) is 8.59. The van der Waals surface area contributed by atoms with Gasteiger partial charge in [-0.2, -0.15) is 0 Å². The van der Waals surface area contributed by atoms with Crippen LogP contribution in [0.1, 0.15) is 36.0 Å². The molecule has 4 heteroatoms. The third-order valence-corrected chi connectivity index (χ3v) is 4.26.